The molecule has 0 saturated carbocycles. The van der Waals surface area contributed by atoms with Crippen LogP contribution in [0.2, 0.25) is 0 Å². The number of hydrogen-bond donors (Lipinski definition) is 1. The Labute approximate surface area is 129 Å². The van der Waals surface area contributed by atoms with Crippen LogP contribution in [0.3, 0.4) is 0 Å². The molecular weight excluding hydrogens is 322 g/mol. The fourth-order valence-electron chi connectivity index (χ4n) is 1.59. The van der Waals surface area contributed by atoms with Crippen molar-refractivity contribution < 1.29 is 14.3 Å². The van der Waals surface area contributed by atoms with Gasteiger partial charge in [0, 0.05) is 7.11 Å². The average molecular weight is 344 g/mol. The lowest BCUT2D eigenvalue weighted by Crippen LogP contribution is -2.27. The van der Waals surface area contributed by atoms with Gasteiger partial charge in [0.1, 0.15) is 12.4 Å². The van der Waals surface area contributed by atoms with Crippen LogP contribution in [0.25, 0.3) is 0 Å². The Morgan fingerprint density at radius 1 is 1.35 bits per heavy atom. The van der Waals surface area contributed by atoms with Crippen molar-refractivity contribution in [2.45, 2.75) is 25.6 Å². The lowest BCUT2D eigenvalue weighted by atomic mass is 10.1. The fourth-order valence-corrected chi connectivity index (χ4v) is 1.71. The molecule has 112 valence electrons. The standard InChI is InChI=1S/C15H22BrNO3/c1-10(2)14(16)15(18)17-12-6-5-11(3)9-13(12)20-8-7-19-4/h5-6,9-10,14H,7-8H2,1-4H3,(H,17,18). The van der Waals surface area contributed by atoms with Crippen molar-refractivity contribution in [1.29, 1.82) is 0 Å². The second-order valence-electron chi connectivity index (χ2n) is 4.98. The maximum absolute atomic E-state index is 12.1. The smallest absolute Gasteiger partial charge is 0.238 e. The number of alkyl halides is 1. The van der Waals surface area contributed by atoms with Gasteiger partial charge in [-0.3, -0.25) is 4.79 Å². The molecule has 0 heterocycles. The number of ether oxygens (including phenoxy) is 2. The topological polar surface area (TPSA) is 47.6 Å². The van der Waals surface area contributed by atoms with Gasteiger partial charge in [-0.2, -0.15) is 0 Å². The highest BCUT2D eigenvalue weighted by atomic mass is 79.9. The Morgan fingerprint density at radius 3 is 2.65 bits per heavy atom. The molecule has 0 aromatic heterocycles. The summed E-state index contributed by atoms with van der Waals surface area (Å²) in [5.74, 6) is 0.817. The number of carbonyl (C=O) groups excluding carboxylic acids is 1. The van der Waals surface area contributed by atoms with E-state index in [1.165, 1.54) is 0 Å². The molecule has 0 aliphatic heterocycles. The van der Waals surface area contributed by atoms with E-state index in [1.807, 2.05) is 39.0 Å². The minimum Gasteiger partial charge on any atom is -0.489 e. The van der Waals surface area contributed by atoms with Crippen molar-refractivity contribution in [1.82, 2.24) is 0 Å². The molecule has 1 amide bonds. The third-order valence-corrected chi connectivity index (χ3v) is 4.25. The van der Waals surface area contributed by atoms with Gasteiger partial charge >= 0.3 is 0 Å². The Balaban J connectivity index is 2.80. The van der Waals surface area contributed by atoms with Crippen LogP contribution in [-0.2, 0) is 9.53 Å². The van der Waals surface area contributed by atoms with E-state index in [-0.39, 0.29) is 16.7 Å². The number of halogens is 1. The number of anilines is 1. The largest absolute Gasteiger partial charge is 0.489 e. The second-order valence-corrected chi connectivity index (χ2v) is 5.96. The second kappa shape index (κ2) is 8.27. The zero-order valence-electron chi connectivity index (χ0n) is 12.4. The van der Waals surface area contributed by atoms with E-state index >= 15 is 0 Å². The number of nitrogens with one attached hydrogen (secondary N) is 1. The molecule has 20 heavy (non-hydrogen) atoms. The fraction of sp³-hybridized carbons (Fsp3) is 0.533. The van der Waals surface area contributed by atoms with Crippen LogP contribution in [0.5, 0.6) is 5.75 Å². The van der Waals surface area contributed by atoms with Crippen molar-refractivity contribution in [3.05, 3.63) is 23.8 Å². The molecular formula is C15H22BrNO3. The van der Waals surface area contributed by atoms with Gasteiger partial charge in [0.15, 0.2) is 0 Å². The van der Waals surface area contributed by atoms with E-state index in [4.69, 9.17) is 9.47 Å². The van der Waals surface area contributed by atoms with E-state index < -0.39 is 0 Å². The third kappa shape index (κ3) is 5.13. The normalized spacial score (nSPS) is 12.3. The molecule has 0 aliphatic rings. The molecule has 5 heteroatoms. The highest BCUT2D eigenvalue weighted by molar-refractivity contribution is 9.10. The minimum absolute atomic E-state index is 0.0690. The zero-order chi connectivity index (χ0) is 15.1. The van der Waals surface area contributed by atoms with E-state index in [2.05, 4.69) is 21.2 Å². The molecule has 1 aromatic rings. The summed E-state index contributed by atoms with van der Waals surface area (Å²) in [6.07, 6.45) is 0. The van der Waals surface area contributed by atoms with Crippen LogP contribution in [-0.4, -0.2) is 31.1 Å². The first-order valence-electron chi connectivity index (χ1n) is 6.63. The lowest BCUT2D eigenvalue weighted by Gasteiger charge is -2.17. The summed E-state index contributed by atoms with van der Waals surface area (Å²) in [6.45, 7) is 6.92. The first kappa shape index (κ1) is 17.0. The SMILES string of the molecule is COCCOc1cc(C)ccc1NC(=O)C(Br)C(C)C. The highest BCUT2D eigenvalue weighted by Crippen LogP contribution is 2.27. The van der Waals surface area contributed by atoms with Crippen LogP contribution in [0.4, 0.5) is 5.69 Å². The Kier molecular flexibility index (Phi) is 7.02. The summed E-state index contributed by atoms with van der Waals surface area (Å²) in [4.78, 5) is 11.9. The Bertz CT molecular complexity index is 449. The summed E-state index contributed by atoms with van der Waals surface area (Å²) in [7, 11) is 1.63. The molecule has 0 radical (unpaired) electrons. The summed E-state index contributed by atoms with van der Waals surface area (Å²) < 4.78 is 10.6. The van der Waals surface area contributed by atoms with Gasteiger partial charge in [-0.1, -0.05) is 35.8 Å². The van der Waals surface area contributed by atoms with Crippen molar-refractivity contribution >= 4 is 27.5 Å². The van der Waals surface area contributed by atoms with Crippen molar-refractivity contribution in [3.63, 3.8) is 0 Å². The molecule has 1 unspecified atom stereocenters. The maximum atomic E-state index is 12.1. The quantitative estimate of drug-likeness (QED) is 0.609. The third-order valence-electron chi connectivity index (χ3n) is 2.78. The van der Waals surface area contributed by atoms with Crippen LogP contribution in [0.15, 0.2) is 18.2 Å². The molecule has 0 saturated heterocycles. The first-order valence-corrected chi connectivity index (χ1v) is 7.54. The Morgan fingerprint density at radius 2 is 2.05 bits per heavy atom. The van der Waals surface area contributed by atoms with E-state index in [0.717, 1.165) is 5.56 Å². The summed E-state index contributed by atoms with van der Waals surface area (Å²) in [6, 6.07) is 5.71. The maximum Gasteiger partial charge on any atom is 0.238 e. The minimum atomic E-state index is -0.226. The number of methoxy groups -OCH3 is 1. The number of amides is 1. The van der Waals surface area contributed by atoms with E-state index in [1.54, 1.807) is 7.11 Å². The van der Waals surface area contributed by atoms with Crippen molar-refractivity contribution in [2.24, 2.45) is 5.92 Å². The molecule has 1 atom stereocenters. The molecule has 1 aromatic carbocycles. The molecule has 0 aliphatic carbocycles. The van der Waals surface area contributed by atoms with Crippen LogP contribution >= 0.6 is 15.9 Å². The van der Waals surface area contributed by atoms with Gasteiger partial charge in [-0.05, 0) is 30.5 Å². The van der Waals surface area contributed by atoms with Crippen LogP contribution < -0.4 is 10.1 Å². The molecule has 0 spiro atoms. The molecule has 4 nitrogen and oxygen atoms in total. The molecule has 0 fully saturated rings. The number of aryl methyl sites for hydroxylation is 1. The molecule has 1 N–H and O–H groups in total. The van der Waals surface area contributed by atoms with E-state index in [0.29, 0.717) is 24.7 Å². The van der Waals surface area contributed by atoms with Gasteiger partial charge in [0.25, 0.3) is 0 Å². The monoisotopic (exact) mass is 343 g/mol. The van der Waals surface area contributed by atoms with Gasteiger partial charge in [0.05, 0.1) is 17.1 Å². The number of benzene rings is 1. The van der Waals surface area contributed by atoms with Crippen LogP contribution in [0.1, 0.15) is 19.4 Å². The summed E-state index contributed by atoms with van der Waals surface area (Å²) in [5.41, 5.74) is 1.76. The first-order chi connectivity index (χ1) is 9.45. The number of rotatable bonds is 7. The van der Waals surface area contributed by atoms with Gasteiger partial charge in [-0.25, -0.2) is 0 Å². The predicted octanol–water partition coefficient (Wildman–Crippen LogP) is 3.38. The van der Waals surface area contributed by atoms with Crippen molar-refractivity contribution in [2.75, 3.05) is 25.6 Å². The molecule has 0 bridgehead atoms. The van der Waals surface area contributed by atoms with Crippen LogP contribution in [0, 0.1) is 12.8 Å². The zero-order valence-corrected chi connectivity index (χ0v) is 14.0. The van der Waals surface area contributed by atoms with Gasteiger partial charge in [-0.15, -0.1) is 0 Å². The Hall–Kier alpha value is -1.07. The lowest BCUT2D eigenvalue weighted by molar-refractivity contribution is -0.116. The number of carbonyl (C=O) groups is 1. The van der Waals surface area contributed by atoms with E-state index in [9.17, 15) is 4.79 Å². The van der Waals surface area contributed by atoms with Gasteiger partial charge in [0.2, 0.25) is 5.91 Å². The summed E-state index contributed by atoms with van der Waals surface area (Å²) in [5, 5.41) is 2.89. The predicted molar refractivity (Wildman–Crippen MR) is 84.7 cm³/mol. The average Bonchev–Trinajstić information content (AvgIpc) is 2.40. The highest BCUT2D eigenvalue weighted by Gasteiger charge is 2.19. The molecule has 1 rings (SSSR count). The van der Waals surface area contributed by atoms with Gasteiger partial charge < -0.3 is 14.8 Å². The van der Waals surface area contributed by atoms with Crippen molar-refractivity contribution in [3.8, 4) is 5.75 Å². The summed E-state index contributed by atoms with van der Waals surface area (Å²) >= 11 is 3.40. The number of hydrogen-bond acceptors (Lipinski definition) is 3.